The number of alkyl carbamates (subject to hydrolysis) is 1. The summed E-state index contributed by atoms with van der Waals surface area (Å²) in [6.07, 6.45) is 3.04. The number of hydrogen-bond acceptors (Lipinski definition) is 12. The quantitative estimate of drug-likeness (QED) is 0.00996. The lowest BCUT2D eigenvalue weighted by Crippen LogP contribution is -2.33. The second-order valence-corrected chi connectivity index (χ2v) is 25.8. The molecule has 5 aromatic carbocycles. The van der Waals surface area contributed by atoms with Crippen molar-refractivity contribution in [2.24, 2.45) is 28.7 Å². The molecule has 13 nitrogen and oxygen atoms in total. The van der Waals surface area contributed by atoms with Crippen molar-refractivity contribution in [2.75, 3.05) is 30.8 Å². The van der Waals surface area contributed by atoms with Gasteiger partial charge in [0.1, 0.15) is 24.6 Å². The van der Waals surface area contributed by atoms with Gasteiger partial charge in [0.15, 0.2) is 28.2 Å². The number of esters is 1. The molecular weight excluding hydrogens is 1100 g/mol. The average molecular weight is 1170 g/mol. The number of benzene rings is 6. The van der Waals surface area contributed by atoms with E-state index in [1.165, 1.54) is 22.3 Å². The molecule has 3 N–H and O–H groups in total. The maximum atomic E-state index is 15.8. The van der Waals surface area contributed by atoms with Crippen molar-refractivity contribution < 1.29 is 57.9 Å². The number of carbonyl (C=O) groups is 2. The smallest absolute Gasteiger partial charge is 0.407 e. The molecule has 20 heteroatoms. The third-order valence-corrected chi connectivity index (χ3v) is 17.2. The number of rotatable bonds is 24. The number of halogens is 4. The first-order valence-corrected chi connectivity index (χ1v) is 30.4. The highest BCUT2D eigenvalue weighted by atomic mass is 32.3. The van der Waals surface area contributed by atoms with Crippen molar-refractivity contribution in [1.29, 1.82) is 0 Å². The molecule has 5 aromatic rings. The Bertz CT molecular complexity index is 3670. The van der Waals surface area contributed by atoms with E-state index in [9.17, 15) is 26.4 Å². The Labute approximate surface area is 475 Å². The largest absolute Gasteiger partial charge is 0.461 e. The Morgan fingerprint density at radius 2 is 1.25 bits per heavy atom. The van der Waals surface area contributed by atoms with E-state index in [-0.39, 0.29) is 41.8 Å². The third-order valence-electron chi connectivity index (χ3n) is 12.6. The minimum Gasteiger partial charge on any atom is -0.461 e. The Kier molecular flexibility index (Phi) is 20.3. The zero-order valence-corrected chi connectivity index (χ0v) is 48.8. The molecule has 0 unspecified atom stereocenters. The van der Waals surface area contributed by atoms with Crippen LogP contribution >= 0.6 is 11.8 Å². The topological polar surface area (TPSA) is 182 Å². The van der Waals surface area contributed by atoms with Crippen LogP contribution in [0.25, 0.3) is 33.4 Å². The van der Waals surface area contributed by atoms with Crippen molar-refractivity contribution in [1.82, 2.24) is 9.44 Å². The van der Waals surface area contributed by atoms with E-state index in [1.807, 2.05) is 12.1 Å². The summed E-state index contributed by atoms with van der Waals surface area (Å²) in [5.41, 5.74) is 7.73. The molecule has 1 aliphatic carbocycles. The molecule has 0 saturated carbocycles. The van der Waals surface area contributed by atoms with Gasteiger partial charge in [-0.05, 0) is 102 Å². The fourth-order valence-electron chi connectivity index (χ4n) is 9.41. The van der Waals surface area contributed by atoms with Gasteiger partial charge in [-0.15, -0.1) is 15.9 Å². The fourth-order valence-corrected chi connectivity index (χ4v) is 13.4. The summed E-state index contributed by atoms with van der Waals surface area (Å²) in [6, 6.07) is 28.4. The Balaban J connectivity index is 1.32. The van der Waals surface area contributed by atoms with Gasteiger partial charge in [-0.1, -0.05) is 117 Å². The van der Waals surface area contributed by atoms with E-state index < -0.39 is 82.4 Å². The molecule has 1 heterocycles. The van der Waals surface area contributed by atoms with E-state index in [0.29, 0.717) is 51.2 Å². The highest BCUT2D eigenvalue weighted by Gasteiger charge is 2.37. The summed E-state index contributed by atoms with van der Waals surface area (Å²) in [4.78, 5) is 24.2. The maximum absolute atomic E-state index is 15.8. The summed E-state index contributed by atoms with van der Waals surface area (Å²) in [5.74, 6) is -8.66. The van der Waals surface area contributed by atoms with Gasteiger partial charge >= 0.3 is 12.1 Å². The van der Waals surface area contributed by atoms with E-state index in [2.05, 4.69) is 103 Å². The van der Waals surface area contributed by atoms with Crippen molar-refractivity contribution >= 4 is 71.9 Å². The zero-order valence-electron chi connectivity index (χ0n) is 46.3. The van der Waals surface area contributed by atoms with Gasteiger partial charge in [-0.3, -0.25) is 0 Å². The number of para-hydroxylation sites is 2. The van der Waals surface area contributed by atoms with E-state index in [4.69, 9.17) is 18.9 Å². The van der Waals surface area contributed by atoms with E-state index in [0.717, 1.165) is 71.5 Å². The molecule has 0 spiro atoms. The van der Waals surface area contributed by atoms with Crippen LogP contribution in [0.4, 0.5) is 39.4 Å². The fraction of sp³-hybridized carbons (Fsp3) is 0.328. The molecule has 0 fully saturated rings. The lowest BCUT2D eigenvalue weighted by atomic mass is 9.93. The van der Waals surface area contributed by atoms with Crippen molar-refractivity contribution in [3.63, 3.8) is 0 Å². The van der Waals surface area contributed by atoms with Gasteiger partial charge in [-0.25, -0.2) is 49.0 Å². The van der Waals surface area contributed by atoms with Crippen LogP contribution < -0.4 is 20.1 Å². The number of hydrogen-bond donors (Lipinski definition) is 3. The molecule has 0 radical (unpaired) electrons. The number of sulfonamides is 2. The van der Waals surface area contributed by atoms with Gasteiger partial charge in [0.2, 0.25) is 0 Å². The standard InChI is InChI=1S/C61H66F4N4O9S3/c1-10-51(70)76-26-25-66-61(71)77-27-28-79-59-53(62)55(64)60(56(65)54(59)63)81(74,75)69-80(72,73)50-20-12-11-19-47(50)52-45-23-21-43(67-57-39(29-35(2)3)15-13-16-40(57)30-36(4)5)33-48(45)78-49-34-44(22-24-46(49)52)68-58-41(31-37(6)7)17-14-18-42(58)32-38(8)9/h10-24,33-38,67,69H,1,25-32H2,2-9H3,(H,66,71)/b68-44-. The van der Waals surface area contributed by atoms with Crippen molar-refractivity contribution in [3.05, 3.63) is 161 Å². The Morgan fingerprint density at radius 1 is 0.667 bits per heavy atom. The zero-order chi connectivity index (χ0) is 58.9. The van der Waals surface area contributed by atoms with Gasteiger partial charge in [0, 0.05) is 57.4 Å². The monoisotopic (exact) mass is 1170 g/mol. The van der Waals surface area contributed by atoms with Gasteiger partial charge in [-0.2, -0.15) is 0 Å². The van der Waals surface area contributed by atoms with Crippen molar-refractivity contribution in [3.8, 4) is 22.5 Å². The van der Waals surface area contributed by atoms with Crippen LogP contribution in [0, 0.1) is 46.9 Å². The van der Waals surface area contributed by atoms with E-state index in [1.54, 1.807) is 30.3 Å². The molecule has 1 amide bonds. The molecule has 7 rings (SSSR count). The molecule has 1 aliphatic heterocycles. The number of carbonyl (C=O) groups excluding carboxylic acids is 2. The Hall–Kier alpha value is -7.00. The summed E-state index contributed by atoms with van der Waals surface area (Å²) in [7, 11) is -11.4. The molecular formula is C61H66F4N4O9S3. The van der Waals surface area contributed by atoms with Gasteiger partial charge < -0.3 is 24.5 Å². The predicted molar refractivity (Wildman–Crippen MR) is 309 cm³/mol. The summed E-state index contributed by atoms with van der Waals surface area (Å²) < 4.78 is 138. The summed E-state index contributed by atoms with van der Waals surface area (Å²) >= 11 is 0.155. The first-order chi connectivity index (χ1) is 38.4. The number of ether oxygens (including phenoxy) is 2. The van der Waals surface area contributed by atoms with Gasteiger partial charge in [0.25, 0.3) is 20.0 Å². The molecule has 0 saturated heterocycles. The molecule has 0 atom stereocenters. The minimum atomic E-state index is -5.97. The Morgan fingerprint density at radius 3 is 1.84 bits per heavy atom. The van der Waals surface area contributed by atoms with Crippen molar-refractivity contribution in [2.45, 2.75) is 95.8 Å². The van der Waals surface area contributed by atoms with Crippen LogP contribution in [0.5, 0.6) is 0 Å². The van der Waals surface area contributed by atoms with Crippen LogP contribution in [-0.4, -0.2) is 54.4 Å². The lowest BCUT2D eigenvalue weighted by Gasteiger charge is -2.21. The van der Waals surface area contributed by atoms with Crippen LogP contribution in [0.3, 0.4) is 0 Å². The number of amides is 1. The third kappa shape index (κ3) is 15.1. The number of thioether (sulfide) groups is 1. The first-order valence-electron chi connectivity index (χ1n) is 26.5. The number of anilines is 2. The number of nitrogens with one attached hydrogen (secondary N) is 3. The highest BCUT2D eigenvalue weighted by molar-refractivity contribution is 8.04. The maximum Gasteiger partial charge on any atom is 0.407 e. The van der Waals surface area contributed by atoms with Crippen LogP contribution in [0.1, 0.15) is 77.6 Å². The van der Waals surface area contributed by atoms with Gasteiger partial charge in [0.05, 0.1) is 27.4 Å². The second-order valence-electron chi connectivity index (χ2n) is 21.2. The van der Waals surface area contributed by atoms with Crippen LogP contribution in [0.2, 0.25) is 0 Å². The minimum absolute atomic E-state index is 0.0588. The molecule has 0 aromatic heterocycles. The van der Waals surface area contributed by atoms with Crippen LogP contribution in [0.15, 0.2) is 134 Å². The first kappa shape index (κ1) is 61.6. The normalized spacial score (nSPS) is 12.3. The second kappa shape index (κ2) is 26.7. The molecule has 0 bridgehead atoms. The van der Waals surface area contributed by atoms with Crippen LogP contribution in [-0.2, 0) is 60.0 Å². The number of fused-ring (bicyclic) bond motifs is 2. The lowest BCUT2D eigenvalue weighted by molar-refractivity contribution is -0.137. The predicted octanol–water partition coefficient (Wildman–Crippen LogP) is 13.7. The molecule has 2 aliphatic rings. The van der Waals surface area contributed by atoms with E-state index >= 15 is 17.6 Å². The molecule has 81 heavy (non-hydrogen) atoms. The summed E-state index contributed by atoms with van der Waals surface area (Å²) in [6.45, 7) is 19.5. The average Bonchev–Trinajstić information content (AvgIpc) is 3.60. The molecule has 430 valence electrons. The number of nitrogens with zero attached hydrogens (tertiary/aromatic N) is 1. The highest BCUT2D eigenvalue weighted by Crippen LogP contribution is 2.44. The SMILES string of the molecule is C=CC(=O)OCCNC(=O)OCCSc1c(F)c(F)c(S(=O)(=O)NS(=O)(=O)c2ccccc2-c2c3cc/c(=N/c4c(CC(C)C)cccc4CC(C)C)cc-3oc3cc(Nc4c(CC(C)C)cccc4CC(C)C)ccc23)c(F)c1F. The summed E-state index contributed by atoms with van der Waals surface area (Å²) in [5, 5.41) is 6.84.